The molecule has 0 spiro atoms. The number of H-pyrrole nitrogens is 2. The minimum absolute atomic E-state index is 0.188. The van der Waals surface area contributed by atoms with Crippen LogP contribution in [0.25, 0.3) is 56.0 Å². The van der Waals surface area contributed by atoms with Crippen LogP contribution in [0.5, 0.6) is 11.5 Å². The van der Waals surface area contributed by atoms with Crippen molar-refractivity contribution in [3.05, 3.63) is 103 Å². The van der Waals surface area contributed by atoms with Crippen molar-refractivity contribution in [3.63, 3.8) is 0 Å². The Morgan fingerprint density at radius 2 is 1.75 bits per heavy atom. The number of hydrogen-bond acceptors (Lipinski definition) is 7. The fourth-order valence-electron chi connectivity index (χ4n) is 4.60. The number of aromatic hydroxyl groups is 1. The van der Waals surface area contributed by atoms with E-state index in [0.717, 1.165) is 28.1 Å². The molecule has 0 amide bonds. The minimum Gasteiger partial charge on any atom is -0.508 e. The first-order chi connectivity index (χ1) is 19.6. The number of phenols is 1. The number of ether oxygens (including phenoxy) is 1. The Balaban J connectivity index is 1.25. The Labute approximate surface area is 226 Å². The maximum absolute atomic E-state index is 14.0. The van der Waals surface area contributed by atoms with Crippen molar-refractivity contribution < 1.29 is 14.2 Å². The number of pyridine rings is 3. The van der Waals surface area contributed by atoms with Crippen LogP contribution in [0.2, 0.25) is 0 Å². The van der Waals surface area contributed by atoms with Gasteiger partial charge in [-0.25, -0.2) is 9.37 Å². The monoisotopic (exact) mass is 529 g/mol. The van der Waals surface area contributed by atoms with Gasteiger partial charge < -0.3 is 14.8 Å². The summed E-state index contributed by atoms with van der Waals surface area (Å²) in [7, 11) is 0. The van der Waals surface area contributed by atoms with E-state index in [1.54, 1.807) is 30.9 Å². The van der Waals surface area contributed by atoms with Crippen LogP contribution in [0.4, 0.5) is 4.39 Å². The van der Waals surface area contributed by atoms with Gasteiger partial charge in [0.15, 0.2) is 5.82 Å². The van der Waals surface area contributed by atoms with Crippen molar-refractivity contribution in [2.75, 3.05) is 0 Å². The number of nitrogens with one attached hydrogen (secondary N) is 2. The van der Waals surface area contributed by atoms with Crippen molar-refractivity contribution in [1.29, 1.82) is 0 Å². The Hall–Kier alpha value is -5.64. The van der Waals surface area contributed by atoms with Gasteiger partial charge >= 0.3 is 0 Å². The van der Waals surface area contributed by atoms with Gasteiger partial charge in [-0.05, 0) is 35.9 Å². The molecule has 7 aromatic rings. The third kappa shape index (κ3) is 4.37. The summed E-state index contributed by atoms with van der Waals surface area (Å²) in [5.41, 5.74) is 5.96. The highest BCUT2D eigenvalue weighted by Crippen LogP contribution is 2.33. The zero-order valence-corrected chi connectivity index (χ0v) is 20.8. The second kappa shape index (κ2) is 9.59. The molecule has 0 saturated carbocycles. The Kier molecular flexibility index (Phi) is 5.63. The fraction of sp³-hybridized carbons (Fsp3) is 0.0333. The van der Waals surface area contributed by atoms with Gasteiger partial charge in [0.1, 0.15) is 35.1 Å². The lowest BCUT2D eigenvalue weighted by Crippen LogP contribution is -1.96. The normalized spacial score (nSPS) is 11.3. The quantitative estimate of drug-likeness (QED) is 0.239. The maximum atomic E-state index is 14.0. The van der Waals surface area contributed by atoms with E-state index in [4.69, 9.17) is 9.72 Å². The van der Waals surface area contributed by atoms with Crippen molar-refractivity contribution in [2.24, 2.45) is 0 Å². The molecule has 5 heterocycles. The molecule has 0 bridgehead atoms. The summed E-state index contributed by atoms with van der Waals surface area (Å²) in [6.07, 6.45) is 6.72. The molecule has 0 aliphatic rings. The smallest absolute Gasteiger partial charge is 0.159 e. The van der Waals surface area contributed by atoms with E-state index in [1.807, 2.05) is 42.5 Å². The molecule has 194 valence electrons. The summed E-state index contributed by atoms with van der Waals surface area (Å²) in [5, 5.41) is 18.2. The Morgan fingerprint density at radius 1 is 0.850 bits per heavy atom. The first-order valence-corrected chi connectivity index (χ1v) is 12.4. The molecule has 0 saturated heterocycles. The number of halogens is 1. The fourth-order valence-corrected chi connectivity index (χ4v) is 4.60. The second-order valence-electron chi connectivity index (χ2n) is 9.21. The molecule has 3 N–H and O–H groups in total. The number of imidazole rings is 1. The number of nitrogens with zero attached hydrogens (tertiary/aromatic N) is 5. The molecular formula is C30H20FN7O2. The number of rotatable bonds is 6. The molecule has 2 aromatic carbocycles. The highest BCUT2D eigenvalue weighted by Gasteiger charge is 2.17. The van der Waals surface area contributed by atoms with E-state index in [9.17, 15) is 9.50 Å². The maximum Gasteiger partial charge on any atom is 0.159 e. The molecule has 0 unspecified atom stereocenters. The van der Waals surface area contributed by atoms with Gasteiger partial charge in [-0.1, -0.05) is 30.3 Å². The van der Waals surface area contributed by atoms with E-state index in [0.29, 0.717) is 51.9 Å². The van der Waals surface area contributed by atoms with Gasteiger partial charge in [0, 0.05) is 35.0 Å². The van der Waals surface area contributed by atoms with Crippen LogP contribution in [-0.4, -0.2) is 40.2 Å². The largest absolute Gasteiger partial charge is 0.508 e. The molecule has 40 heavy (non-hydrogen) atoms. The molecule has 10 heteroatoms. The van der Waals surface area contributed by atoms with E-state index in [2.05, 4.69) is 30.1 Å². The number of aromatic amines is 2. The van der Waals surface area contributed by atoms with E-state index in [-0.39, 0.29) is 5.75 Å². The third-order valence-electron chi connectivity index (χ3n) is 6.49. The predicted octanol–water partition coefficient (Wildman–Crippen LogP) is 6.05. The number of phenolic OH excluding ortho intramolecular Hbond substituents is 1. The van der Waals surface area contributed by atoms with Crippen LogP contribution in [0, 0.1) is 5.82 Å². The molecule has 0 radical (unpaired) electrons. The second-order valence-corrected chi connectivity index (χ2v) is 9.21. The lowest BCUT2D eigenvalue weighted by molar-refractivity contribution is 0.305. The number of hydrogen-bond donors (Lipinski definition) is 3. The summed E-state index contributed by atoms with van der Waals surface area (Å²) in [6.45, 7) is 0.433. The average molecular weight is 530 g/mol. The summed E-state index contributed by atoms with van der Waals surface area (Å²) in [6, 6.07) is 19.3. The minimum atomic E-state index is -0.563. The Morgan fingerprint density at radius 3 is 2.62 bits per heavy atom. The standard InChI is InChI=1S/C30H20FN7O2/c31-20-8-18(9-21(39)11-20)27-29-24(6-7-33-27)35-30(36-29)28-23-12-25(34-15-26(23)37-38-28)19-10-22(14-32-13-19)40-16-17-4-2-1-3-5-17/h1-15,39H,16H2,(H,35,36)(H,37,38). The Bertz CT molecular complexity index is 1980. The topological polar surface area (TPSA) is 125 Å². The third-order valence-corrected chi connectivity index (χ3v) is 6.49. The van der Waals surface area contributed by atoms with E-state index in [1.165, 1.54) is 12.1 Å². The van der Waals surface area contributed by atoms with Crippen molar-refractivity contribution in [2.45, 2.75) is 6.61 Å². The molecule has 0 atom stereocenters. The average Bonchev–Trinajstić information content (AvgIpc) is 3.60. The molecular weight excluding hydrogens is 509 g/mol. The lowest BCUT2D eigenvalue weighted by atomic mass is 10.1. The van der Waals surface area contributed by atoms with Gasteiger partial charge in [-0.15, -0.1) is 0 Å². The molecule has 0 aliphatic heterocycles. The molecule has 9 nitrogen and oxygen atoms in total. The van der Waals surface area contributed by atoms with Gasteiger partial charge in [0.2, 0.25) is 0 Å². The van der Waals surface area contributed by atoms with Crippen LogP contribution < -0.4 is 4.74 Å². The van der Waals surface area contributed by atoms with Crippen molar-refractivity contribution >= 4 is 21.9 Å². The number of benzene rings is 2. The SMILES string of the molecule is Oc1cc(F)cc(-c2nccc3[nH]c(-c4n[nH]c5cnc(-c6cncc(OCc7ccccc7)c6)cc45)nc23)c1. The summed E-state index contributed by atoms with van der Waals surface area (Å²) >= 11 is 0. The van der Waals surface area contributed by atoms with Crippen LogP contribution in [0.3, 0.4) is 0 Å². The first kappa shape index (κ1) is 23.5. The van der Waals surface area contributed by atoms with E-state index >= 15 is 0 Å². The van der Waals surface area contributed by atoms with Crippen LogP contribution >= 0.6 is 0 Å². The molecule has 0 aliphatic carbocycles. The zero-order valence-electron chi connectivity index (χ0n) is 20.8. The van der Waals surface area contributed by atoms with Gasteiger partial charge in [-0.3, -0.25) is 20.1 Å². The zero-order chi connectivity index (χ0) is 27.1. The summed E-state index contributed by atoms with van der Waals surface area (Å²) < 4.78 is 19.9. The highest BCUT2D eigenvalue weighted by molar-refractivity contribution is 5.96. The molecule has 0 fully saturated rings. The van der Waals surface area contributed by atoms with Gasteiger partial charge in [0.05, 0.1) is 34.8 Å². The summed E-state index contributed by atoms with van der Waals surface area (Å²) in [4.78, 5) is 21.4. The van der Waals surface area contributed by atoms with Crippen LogP contribution in [-0.2, 0) is 6.61 Å². The molecule has 7 rings (SSSR count). The summed E-state index contributed by atoms with van der Waals surface area (Å²) in [5.74, 6) is 0.390. The molecule has 5 aromatic heterocycles. The number of fused-ring (bicyclic) bond motifs is 2. The van der Waals surface area contributed by atoms with E-state index < -0.39 is 5.82 Å². The number of aromatic nitrogens is 7. The first-order valence-electron chi connectivity index (χ1n) is 12.4. The predicted molar refractivity (Wildman–Crippen MR) is 148 cm³/mol. The van der Waals surface area contributed by atoms with Crippen molar-refractivity contribution in [3.8, 4) is 45.5 Å². The van der Waals surface area contributed by atoms with Gasteiger partial charge in [0.25, 0.3) is 0 Å². The highest BCUT2D eigenvalue weighted by atomic mass is 19.1. The van der Waals surface area contributed by atoms with Gasteiger partial charge in [-0.2, -0.15) is 5.10 Å². The van der Waals surface area contributed by atoms with Crippen molar-refractivity contribution in [1.82, 2.24) is 35.1 Å². The van der Waals surface area contributed by atoms with Crippen LogP contribution in [0.1, 0.15) is 5.56 Å². The lowest BCUT2D eigenvalue weighted by Gasteiger charge is -2.08. The van der Waals surface area contributed by atoms with Crippen LogP contribution in [0.15, 0.2) is 91.5 Å².